The summed E-state index contributed by atoms with van der Waals surface area (Å²) < 4.78 is 40.8. The second-order valence-corrected chi connectivity index (χ2v) is 8.85. The highest BCUT2D eigenvalue weighted by atomic mass is 32.2. The van der Waals surface area contributed by atoms with Gasteiger partial charge in [-0.05, 0) is 42.7 Å². The fourth-order valence-electron chi connectivity index (χ4n) is 2.79. The zero-order valence-electron chi connectivity index (χ0n) is 17.3. The van der Waals surface area contributed by atoms with Crippen LogP contribution in [0.1, 0.15) is 22.3 Å². The van der Waals surface area contributed by atoms with E-state index in [1.54, 1.807) is 0 Å². The summed E-state index contributed by atoms with van der Waals surface area (Å²) in [5, 5.41) is 5.19. The molecule has 0 atom stereocenters. The number of nitrogens with zero attached hydrogens (tertiary/aromatic N) is 1. The minimum atomic E-state index is -3.93. The lowest BCUT2D eigenvalue weighted by Crippen LogP contribution is -2.31. The first-order valence-electron chi connectivity index (χ1n) is 9.74. The van der Waals surface area contributed by atoms with E-state index >= 15 is 0 Å². The van der Waals surface area contributed by atoms with Crippen LogP contribution in [-0.2, 0) is 21.2 Å². The quantitative estimate of drug-likeness (QED) is 0.407. The average Bonchev–Trinajstić information content (AvgIpc) is 2.76. The Bertz CT molecular complexity index is 1030. The van der Waals surface area contributed by atoms with Crippen LogP contribution in [-0.4, -0.2) is 51.2 Å². The maximum Gasteiger partial charge on any atom is 0.254 e. The monoisotopic (exact) mass is 447 g/mol. The van der Waals surface area contributed by atoms with Gasteiger partial charge in [0.1, 0.15) is 5.82 Å². The lowest BCUT2D eigenvalue weighted by atomic mass is 10.1. The number of hydrogen-bond donors (Lipinski definition) is 2. The highest BCUT2D eigenvalue weighted by molar-refractivity contribution is 7.89. The minimum absolute atomic E-state index is 0.128. The molecule has 9 heteroatoms. The third-order valence-corrected chi connectivity index (χ3v) is 6.42. The lowest BCUT2D eigenvalue weighted by molar-refractivity contribution is -0.116. The van der Waals surface area contributed by atoms with E-state index in [1.165, 1.54) is 13.1 Å². The van der Waals surface area contributed by atoms with E-state index in [0.717, 1.165) is 28.1 Å². The summed E-state index contributed by atoms with van der Waals surface area (Å²) in [6, 6.07) is 12.8. The average molecular weight is 448 g/mol. The molecular formula is C22H26FN3O4S. The van der Waals surface area contributed by atoms with Gasteiger partial charge in [-0.15, -0.1) is 0 Å². The maximum absolute atomic E-state index is 14.5. The molecule has 0 aliphatic rings. The molecule has 2 amide bonds. The van der Waals surface area contributed by atoms with Crippen LogP contribution in [0.2, 0.25) is 0 Å². The van der Waals surface area contributed by atoms with Gasteiger partial charge in [0.2, 0.25) is 15.9 Å². The molecule has 7 nitrogen and oxygen atoms in total. The number of nitrogens with one attached hydrogen (secondary N) is 2. The predicted octanol–water partition coefficient (Wildman–Crippen LogP) is 2.11. The molecule has 0 bridgehead atoms. The summed E-state index contributed by atoms with van der Waals surface area (Å²) in [6.45, 7) is 4.06. The van der Waals surface area contributed by atoms with E-state index < -0.39 is 21.7 Å². The van der Waals surface area contributed by atoms with Crippen LogP contribution in [0, 0.1) is 5.82 Å². The fourth-order valence-corrected chi connectivity index (χ4v) is 4.01. The summed E-state index contributed by atoms with van der Waals surface area (Å²) in [4.78, 5) is 23.1. The molecule has 0 unspecified atom stereocenters. The molecule has 0 aliphatic carbocycles. The fraction of sp³-hybridized carbons (Fsp3) is 0.273. The molecule has 2 N–H and O–H groups in total. The first-order valence-corrected chi connectivity index (χ1v) is 11.2. The molecule has 0 aliphatic heterocycles. The van der Waals surface area contributed by atoms with Crippen LogP contribution in [0.3, 0.4) is 0 Å². The predicted molar refractivity (Wildman–Crippen MR) is 117 cm³/mol. The number of rotatable bonds is 11. The SMILES string of the molecule is C=CC(=O)NCCCN(C)S(=O)(=O)c1ccc(C(=O)NCCc2ccccc2)c(F)c1. The number of carbonyl (C=O) groups excluding carboxylic acids is 2. The molecule has 0 saturated heterocycles. The van der Waals surface area contributed by atoms with Gasteiger partial charge in [-0.2, -0.15) is 0 Å². The van der Waals surface area contributed by atoms with Gasteiger partial charge in [0.05, 0.1) is 10.5 Å². The van der Waals surface area contributed by atoms with Gasteiger partial charge in [0.15, 0.2) is 0 Å². The van der Waals surface area contributed by atoms with Crippen molar-refractivity contribution < 1.29 is 22.4 Å². The molecule has 0 spiro atoms. The molecule has 0 fully saturated rings. The number of sulfonamides is 1. The second kappa shape index (κ2) is 11.4. The second-order valence-electron chi connectivity index (χ2n) is 6.81. The van der Waals surface area contributed by atoms with Gasteiger partial charge in [0.25, 0.3) is 5.91 Å². The highest BCUT2D eigenvalue weighted by Gasteiger charge is 2.23. The van der Waals surface area contributed by atoms with Crippen molar-refractivity contribution in [2.24, 2.45) is 0 Å². The molecule has 0 aromatic heterocycles. The van der Waals surface area contributed by atoms with Crippen molar-refractivity contribution in [3.8, 4) is 0 Å². The zero-order valence-corrected chi connectivity index (χ0v) is 18.1. The molecule has 2 aromatic rings. The summed E-state index contributed by atoms with van der Waals surface area (Å²) in [5.41, 5.74) is 0.818. The Morgan fingerprint density at radius 1 is 1.10 bits per heavy atom. The number of amides is 2. The Labute approximate surface area is 182 Å². The van der Waals surface area contributed by atoms with Crippen molar-refractivity contribution in [2.75, 3.05) is 26.7 Å². The van der Waals surface area contributed by atoms with E-state index in [9.17, 15) is 22.4 Å². The standard InChI is InChI=1S/C22H26FN3O4S/c1-3-21(27)24-13-7-15-26(2)31(29,30)18-10-11-19(20(23)16-18)22(28)25-14-12-17-8-5-4-6-9-17/h3-6,8-11,16H,1,7,12-15H2,2H3,(H,24,27)(H,25,28). The van der Waals surface area contributed by atoms with E-state index in [0.29, 0.717) is 19.4 Å². The Kier molecular flexibility index (Phi) is 8.89. The van der Waals surface area contributed by atoms with E-state index in [4.69, 9.17) is 0 Å². The largest absolute Gasteiger partial charge is 0.353 e. The Hall–Kier alpha value is -3.04. The first-order chi connectivity index (χ1) is 14.8. The van der Waals surface area contributed by atoms with Gasteiger partial charge in [-0.3, -0.25) is 9.59 Å². The van der Waals surface area contributed by atoms with Crippen molar-refractivity contribution in [3.63, 3.8) is 0 Å². The van der Waals surface area contributed by atoms with E-state index in [2.05, 4.69) is 17.2 Å². The Balaban J connectivity index is 1.95. The van der Waals surface area contributed by atoms with Crippen LogP contribution in [0.25, 0.3) is 0 Å². The van der Waals surface area contributed by atoms with Crippen LogP contribution in [0.5, 0.6) is 0 Å². The number of benzene rings is 2. The van der Waals surface area contributed by atoms with Gasteiger partial charge < -0.3 is 10.6 Å². The van der Waals surface area contributed by atoms with Gasteiger partial charge >= 0.3 is 0 Å². The van der Waals surface area contributed by atoms with Crippen molar-refractivity contribution in [3.05, 3.63) is 78.1 Å². The third-order valence-electron chi connectivity index (χ3n) is 4.57. The van der Waals surface area contributed by atoms with Gasteiger partial charge in [0, 0.05) is 26.7 Å². The minimum Gasteiger partial charge on any atom is -0.353 e. The molecule has 0 heterocycles. The molecule has 2 rings (SSSR count). The normalized spacial score (nSPS) is 11.2. The van der Waals surface area contributed by atoms with Crippen molar-refractivity contribution in [2.45, 2.75) is 17.7 Å². The Morgan fingerprint density at radius 2 is 1.81 bits per heavy atom. The van der Waals surface area contributed by atoms with Crippen molar-refractivity contribution in [1.29, 1.82) is 0 Å². The maximum atomic E-state index is 14.5. The molecular weight excluding hydrogens is 421 g/mol. The van der Waals surface area contributed by atoms with Crippen molar-refractivity contribution in [1.82, 2.24) is 14.9 Å². The third kappa shape index (κ3) is 7.01. The van der Waals surface area contributed by atoms with Crippen LogP contribution in [0.4, 0.5) is 4.39 Å². The summed E-state index contributed by atoms with van der Waals surface area (Å²) >= 11 is 0. The number of hydrogen-bond acceptors (Lipinski definition) is 4. The molecule has 0 saturated carbocycles. The highest BCUT2D eigenvalue weighted by Crippen LogP contribution is 2.18. The Morgan fingerprint density at radius 3 is 2.45 bits per heavy atom. The first kappa shape index (κ1) is 24.2. The molecule has 0 radical (unpaired) electrons. The summed E-state index contributed by atoms with van der Waals surface area (Å²) in [5.74, 6) is -1.86. The van der Waals surface area contributed by atoms with E-state index in [-0.39, 0.29) is 29.5 Å². The topological polar surface area (TPSA) is 95.6 Å². The summed E-state index contributed by atoms with van der Waals surface area (Å²) in [6.07, 6.45) is 2.10. The van der Waals surface area contributed by atoms with Gasteiger partial charge in [-0.1, -0.05) is 36.9 Å². The van der Waals surface area contributed by atoms with E-state index in [1.807, 2.05) is 30.3 Å². The molecule has 31 heavy (non-hydrogen) atoms. The number of carbonyl (C=O) groups is 2. The van der Waals surface area contributed by atoms with Crippen LogP contribution >= 0.6 is 0 Å². The zero-order chi connectivity index (χ0) is 22.9. The summed E-state index contributed by atoms with van der Waals surface area (Å²) in [7, 11) is -2.57. The smallest absolute Gasteiger partial charge is 0.254 e. The van der Waals surface area contributed by atoms with Crippen LogP contribution < -0.4 is 10.6 Å². The number of halogens is 1. The van der Waals surface area contributed by atoms with Gasteiger partial charge in [-0.25, -0.2) is 17.1 Å². The lowest BCUT2D eigenvalue weighted by Gasteiger charge is -2.17. The van der Waals surface area contributed by atoms with Crippen LogP contribution in [0.15, 0.2) is 66.1 Å². The van der Waals surface area contributed by atoms with Crippen molar-refractivity contribution >= 4 is 21.8 Å². The molecule has 166 valence electrons. The molecule has 2 aromatic carbocycles.